The van der Waals surface area contributed by atoms with Crippen molar-refractivity contribution in [3.8, 4) is 5.75 Å². The molecule has 7 heteroatoms. The van der Waals surface area contributed by atoms with E-state index < -0.39 is 5.97 Å². The number of carbonyl (C=O) groups excluding carboxylic acids is 1. The first-order valence-corrected chi connectivity index (χ1v) is 9.73. The van der Waals surface area contributed by atoms with E-state index in [1.165, 1.54) is 6.08 Å². The number of aliphatic carboxylic acids is 1. The van der Waals surface area contributed by atoms with Crippen molar-refractivity contribution in [3.63, 3.8) is 0 Å². The summed E-state index contributed by atoms with van der Waals surface area (Å²) in [6.07, 6.45) is 4.33. The van der Waals surface area contributed by atoms with Gasteiger partial charge in [-0.05, 0) is 43.5 Å². The number of likely N-dealkylation sites (tertiary alicyclic amines) is 1. The fraction of sp³-hybridized carbons (Fsp3) is 0.350. The van der Waals surface area contributed by atoms with Gasteiger partial charge in [-0.25, -0.2) is 4.98 Å². The fourth-order valence-electron chi connectivity index (χ4n) is 2.93. The van der Waals surface area contributed by atoms with Crippen molar-refractivity contribution in [2.24, 2.45) is 5.92 Å². The van der Waals surface area contributed by atoms with E-state index in [9.17, 15) is 9.59 Å². The zero-order chi connectivity index (χ0) is 19.2. The number of nitrogens with zero attached hydrogens (tertiary/aromatic N) is 2. The van der Waals surface area contributed by atoms with Gasteiger partial charge in [0.05, 0.1) is 16.6 Å². The quantitative estimate of drug-likeness (QED) is 0.770. The van der Waals surface area contributed by atoms with Crippen LogP contribution < -0.4 is 4.74 Å². The van der Waals surface area contributed by atoms with Crippen molar-refractivity contribution in [1.82, 2.24) is 9.88 Å². The number of aryl methyl sites for hydroxylation is 1. The molecule has 0 atom stereocenters. The van der Waals surface area contributed by atoms with Crippen LogP contribution in [0.3, 0.4) is 0 Å². The summed E-state index contributed by atoms with van der Waals surface area (Å²) in [5.41, 5.74) is 1.82. The summed E-state index contributed by atoms with van der Waals surface area (Å²) in [6.45, 7) is 3.38. The molecule has 6 nitrogen and oxygen atoms in total. The molecule has 27 heavy (non-hydrogen) atoms. The minimum atomic E-state index is -0.773. The molecule has 1 aliphatic rings. The topological polar surface area (TPSA) is 79.7 Å². The van der Waals surface area contributed by atoms with E-state index in [0.29, 0.717) is 32.5 Å². The Morgan fingerprint density at radius 3 is 2.59 bits per heavy atom. The van der Waals surface area contributed by atoms with Crippen LogP contribution in [-0.4, -0.2) is 40.0 Å². The lowest BCUT2D eigenvalue weighted by molar-refractivity contribution is -0.144. The van der Waals surface area contributed by atoms with Crippen LogP contribution in [0.1, 0.15) is 29.1 Å². The van der Waals surface area contributed by atoms with Crippen LogP contribution in [0.4, 0.5) is 0 Å². The number of carboxylic acid groups (broad SMARTS) is 1. The standard InChI is InChI=1S/C20H22N2O4S/c1-14-21-17(13-27-14)12-26-18-5-2-15(3-6-18)4-7-19(23)22-10-8-16(9-11-22)20(24)25/h2-7,13,16H,8-12H2,1H3,(H,24,25). The second-order valence-electron chi connectivity index (χ2n) is 6.49. The summed E-state index contributed by atoms with van der Waals surface area (Å²) in [4.78, 5) is 29.3. The van der Waals surface area contributed by atoms with Gasteiger partial charge in [-0.15, -0.1) is 11.3 Å². The highest BCUT2D eigenvalue weighted by Crippen LogP contribution is 2.19. The molecule has 142 valence electrons. The van der Waals surface area contributed by atoms with Crippen molar-refractivity contribution < 1.29 is 19.4 Å². The number of piperidine rings is 1. The number of benzene rings is 1. The molecule has 1 aromatic heterocycles. The van der Waals surface area contributed by atoms with Gasteiger partial charge in [0.2, 0.25) is 5.91 Å². The molecule has 2 heterocycles. The molecular formula is C20H22N2O4S. The maximum Gasteiger partial charge on any atom is 0.306 e. The van der Waals surface area contributed by atoms with E-state index in [1.807, 2.05) is 36.6 Å². The lowest BCUT2D eigenvalue weighted by atomic mass is 9.97. The molecule has 1 fully saturated rings. The van der Waals surface area contributed by atoms with Crippen molar-refractivity contribution in [2.75, 3.05) is 13.1 Å². The van der Waals surface area contributed by atoms with Crippen LogP contribution in [0.5, 0.6) is 5.75 Å². The normalized spacial score (nSPS) is 15.2. The number of thiazole rings is 1. The Bertz CT molecular complexity index is 821. The molecule has 1 N–H and O–H groups in total. The van der Waals surface area contributed by atoms with Crippen LogP contribution in [0.2, 0.25) is 0 Å². The molecule has 1 aromatic carbocycles. The monoisotopic (exact) mass is 386 g/mol. The Hall–Kier alpha value is -2.67. The molecule has 1 aliphatic heterocycles. The highest BCUT2D eigenvalue weighted by Gasteiger charge is 2.25. The smallest absolute Gasteiger partial charge is 0.306 e. The van der Waals surface area contributed by atoms with E-state index in [1.54, 1.807) is 22.3 Å². The third kappa shape index (κ3) is 5.40. The highest BCUT2D eigenvalue weighted by molar-refractivity contribution is 7.09. The van der Waals surface area contributed by atoms with Gasteiger partial charge in [0, 0.05) is 24.5 Å². The van der Waals surface area contributed by atoms with Gasteiger partial charge >= 0.3 is 5.97 Å². The van der Waals surface area contributed by atoms with Gasteiger partial charge < -0.3 is 14.7 Å². The summed E-state index contributed by atoms with van der Waals surface area (Å²) in [5.74, 6) is -0.443. The number of hydrogen-bond acceptors (Lipinski definition) is 5. The number of aromatic nitrogens is 1. The lowest BCUT2D eigenvalue weighted by Crippen LogP contribution is -2.39. The second-order valence-corrected chi connectivity index (χ2v) is 7.55. The summed E-state index contributed by atoms with van der Waals surface area (Å²) in [5, 5.41) is 12.0. The number of carbonyl (C=O) groups is 2. The van der Waals surface area contributed by atoms with Gasteiger partial charge in [-0.1, -0.05) is 12.1 Å². The first kappa shape index (κ1) is 19.1. The molecule has 0 unspecified atom stereocenters. The van der Waals surface area contributed by atoms with Gasteiger partial charge in [0.15, 0.2) is 0 Å². The fourth-order valence-corrected chi connectivity index (χ4v) is 3.52. The Labute approximate surface area is 162 Å². The molecule has 0 aliphatic carbocycles. The van der Waals surface area contributed by atoms with Crippen molar-refractivity contribution in [1.29, 1.82) is 0 Å². The average Bonchev–Trinajstić information content (AvgIpc) is 3.10. The molecule has 0 bridgehead atoms. The molecule has 0 saturated carbocycles. The number of ether oxygens (including phenoxy) is 1. The van der Waals surface area contributed by atoms with Gasteiger partial charge in [0.1, 0.15) is 12.4 Å². The third-order valence-corrected chi connectivity index (χ3v) is 5.33. The molecule has 0 radical (unpaired) electrons. The first-order valence-electron chi connectivity index (χ1n) is 8.85. The van der Waals surface area contributed by atoms with Crippen LogP contribution >= 0.6 is 11.3 Å². The van der Waals surface area contributed by atoms with E-state index >= 15 is 0 Å². The van der Waals surface area contributed by atoms with Crippen molar-refractivity contribution >= 4 is 29.3 Å². The first-order chi connectivity index (χ1) is 13.0. The second kappa shape index (κ2) is 8.81. The van der Waals surface area contributed by atoms with Crippen LogP contribution in [0, 0.1) is 12.8 Å². The minimum Gasteiger partial charge on any atom is -0.487 e. The van der Waals surface area contributed by atoms with Crippen molar-refractivity contribution in [2.45, 2.75) is 26.4 Å². The predicted octanol–water partition coefficient (Wildman–Crippen LogP) is 3.37. The molecule has 3 rings (SSSR count). The number of carboxylic acids is 1. The van der Waals surface area contributed by atoms with Gasteiger partial charge in [-0.3, -0.25) is 9.59 Å². The SMILES string of the molecule is Cc1nc(COc2ccc(C=CC(=O)N3CCC(C(=O)O)CC3)cc2)cs1. The maximum absolute atomic E-state index is 12.2. The Morgan fingerprint density at radius 1 is 1.30 bits per heavy atom. The largest absolute Gasteiger partial charge is 0.487 e. The van der Waals surface area contributed by atoms with Crippen LogP contribution in [0.25, 0.3) is 6.08 Å². The maximum atomic E-state index is 12.2. The molecule has 0 spiro atoms. The zero-order valence-corrected chi connectivity index (χ0v) is 15.9. The van der Waals surface area contributed by atoms with Crippen molar-refractivity contribution in [3.05, 3.63) is 52.0 Å². The van der Waals surface area contributed by atoms with E-state index in [2.05, 4.69) is 4.98 Å². The number of rotatable bonds is 6. The van der Waals surface area contributed by atoms with E-state index in [4.69, 9.17) is 9.84 Å². The summed E-state index contributed by atoms with van der Waals surface area (Å²) < 4.78 is 5.71. The summed E-state index contributed by atoms with van der Waals surface area (Å²) in [6, 6.07) is 7.51. The van der Waals surface area contributed by atoms with E-state index in [-0.39, 0.29) is 11.8 Å². The molecule has 2 aromatic rings. The average molecular weight is 386 g/mol. The number of hydrogen-bond donors (Lipinski definition) is 1. The van der Waals surface area contributed by atoms with Gasteiger partial charge in [0.25, 0.3) is 0 Å². The Kier molecular flexibility index (Phi) is 6.24. The number of amides is 1. The Morgan fingerprint density at radius 2 is 2.00 bits per heavy atom. The Balaban J connectivity index is 1.48. The third-order valence-electron chi connectivity index (χ3n) is 4.51. The van der Waals surface area contributed by atoms with E-state index in [0.717, 1.165) is 22.0 Å². The molecule has 1 amide bonds. The summed E-state index contributed by atoms with van der Waals surface area (Å²) in [7, 11) is 0. The zero-order valence-electron chi connectivity index (χ0n) is 15.1. The minimum absolute atomic E-state index is 0.0851. The van der Waals surface area contributed by atoms with Crippen LogP contribution in [0.15, 0.2) is 35.7 Å². The van der Waals surface area contributed by atoms with Crippen LogP contribution in [-0.2, 0) is 16.2 Å². The highest BCUT2D eigenvalue weighted by atomic mass is 32.1. The lowest BCUT2D eigenvalue weighted by Gasteiger charge is -2.29. The molecular weight excluding hydrogens is 364 g/mol. The predicted molar refractivity (Wildman–Crippen MR) is 104 cm³/mol. The molecule has 1 saturated heterocycles. The van der Waals surface area contributed by atoms with Gasteiger partial charge in [-0.2, -0.15) is 0 Å². The summed E-state index contributed by atoms with van der Waals surface area (Å²) >= 11 is 1.60.